The lowest BCUT2D eigenvalue weighted by atomic mass is 10.0. The number of methoxy groups -OCH3 is 1. The van der Waals surface area contributed by atoms with E-state index in [2.05, 4.69) is 20.3 Å². The molecule has 0 saturated heterocycles. The molecule has 0 amide bonds. The first-order chi connectivity index (χ1) is 13.4. The summed E-state index contributed by atoms with van der Waals surface area (Å²) in [5.41, 5.74) is 1.43. The van der Waals surface area contributed by atoms with Crippen LogP contribution in [0.2, 0.25) is 0 Å². The quantitative estimate of drug-likeness (QED) is 0.616. The first kappa shape index (κ1) is 19.6. The van der Waals surface area contributed by atoms with Crippen LogP contribution in [0, 0.1) is 0 Å². The molecule has 0 atom stereocenters. The van der Waals surface area contributed by atoms with Crippen LogP contribution in [0.5, 0.6) is 11.5 Å². The largest absolute Gasteiger partial charge is 0.573 e. The molecule has 2 aromatic carbocycles. The molecule has 0 unspecified atom stereocenters. The van der Waals surface area contributed by atoms with Crippen molar-refractivity contribution in [1.82, 2.24) is 20.2 Å². The molecule has 28 heavy (non-hydrogen) atoms. The molecule has 3 rings (SSSR count). The van der Waals surface area contributed by atoms with Gasteiger partial charge in [0, 0.05) is 20.3 Å². The Morgan fingerprint density at radius 2 is 1.89 bits per heavy atom. The van der Waals surface area contributed by atoms with Crippen molar-refractivity contribution in [2.75, 3.05) is 13.7 Å². The number of rotatable bonds is 7. The fourth-order valence-electron chi connectivity index (χ4n) is 2.67. The zero-order chi connectivity index (χ0) is 20.1. The highest BCUT2D eigenvalue weighted by Crippen LogP contribution is 2.34. The van der Waals surface area contributed by atoms with Gasteiger partial charge in [-0.1, -0.05) is 18.2 Å². The standard InChI is InChI=1S/C18H17F3N4O3/c1-27-9-3-8-25-17(22-23-24-25)15-11-13(6-7-16(15)26)12-4-2-5-14(10-12)28-18(19,20)21/h2,4-7,10-11,26H,3,8-9H2,1H3. The van der Waals surface area contributed by atoms with Crippen molar-refractivity contribution in [3.63, 3.8) is 0 Å². The van der Waals surface area contributed by atoms with Crippen molar-refractivity contribution >= 4 is 0 Å². The Hall–Kier alpha value is -3.14. The second-order valence-corrected chi connectivity index (χ2v) is 5.88. The minimum Gasteiger partial charge on any atom is -0.507 e. The molecule has 3 aromatic rings. The van der Waals surface area contributed by atoms with E-state index in [4.69, 9.17) is 4.74 Å². The molecule has 148 valence electrons. The van der Waals surface area contributed by atoms with Crippen molar-refractivity contribution in [2.24, 2.45) is 0 Å². The van der Waals surface area contributed by atoms with E-state index in [1.54, 1.807) is 25.3 Å². The third kappa shape index (κ3) is 4.77. The number of alkyl halides is 3. The van der Waals surface area contributed by atoms with Crippen molar-refractivity contribution in [3.05, 3.63) is 42.5 Å². The number of phenols is 1. The monoisotopic (exact) mass is 394 g/mol. The Morgan fingerprint density at radius 1 is 1.11 bits per heavy atom. The third-order valence-electron chi connectivity index (χ3n) is 3.89. The van der Waals surface area contributed by atoms with E-state index in [1.165, 1.54) is 28.9 Å². The summed E-state index contributed by atoms with van der Waals surface area (Å²) >= 11 is 0. The number of halogens is 3. The van der Waals surface area contributed by atoms with Gasteiger partial charge >= 0.3 is 6.36 Å². The number of aromatic nitrogens is 4. The van der Waals surface area contributed by atoms with E-state index in [0.29, 0.717) is 42.1 Å². The van der Waals surface area contributed by atoms with Crippen LogP contribution in [0.3, 0.4) is 0 Å². The zero-order valence-electron chi connectivity index (χ0n) is 14.8. The Bertz CT molecular complexity index is 944. The van der Waals surface area contributed by atoms with E-state index < -0.39 is 6.36 Å². The van der Waals surface area contributed by atoms with Crippen LogP contribution < -0.4 is 4.74 Å². The van der Waals surface area contributed by atoms with Crippen molar-refractivity contribution in [1.29, 1.82) is 0 Å². The molecule has 0 spiro atoms. The number of aromatic hydroxyl groups is 1. The molecule has 7 nitrogen and oxygen atoms in total. The topological polar surface area (TPSA) is 82.3 Å². The summed E-state index contributed by atoms with van der Waals surface area (Å²) in [7, 11) is 1.59. The number of hydrogen-bond acceptors (Lipinski definition) is 6. The van der Waals surface area contributed by atoms with Crippen LogP contribution in [0.1, 0.15) is 6.42 Å². The van der Waals surface area contributed by atoms with Gasteiger partial charge in [0.05, 0.1) is 5.56 Å². The average Bonchev–Trinajstić information content (AvgIpc) is 3.09. The molecule has 1 aromatic heterocycles. The Balaban J connectivity index is 1.93. The summed E-state index contributed by atoms with van der Waals surface area (Å²) in [5.74, 6) is -0.0311. The van der Waals surface area contributed by atoms with Gasteiger partial charge in [-0.25, -0.2) is 4.68 Å². The smallest absolute Gasteiger partial charge is 0.507 e. The SMILES string of the molecule is COCCCn1nnnc1-c1cc(-c2cccc(OC(F)(F)F)c2)ccc1O. The lowest BCUT2D eigenvalue weighted by molar-refractivity contribution is -0.274. The molecule has 1 heterocycles. The van der Waals surface area contributed by atoms with Gasteiger partial charge in [0.2, 0.25) is 0 Å². The molecule has 1 N–H and O–H groups in total. The molecule has 0 aliphatic heterocycles. The second-order valence-electron chi connectivity index (χ2n) is 5.88. The number of benzene rings is 2. The van der Waals surface area contributed by atoms with Gasteiger partial charge in [-0.2, -0.15) is 0 Å². The summed E-state index contributed by atoms with van der Waals surface area (Å²) in [6.07, 6.45) is -4.10. The summed E-state index contributed by atoms with van der Waals surface area (Å²) < 4.78 is 47.9. The highest BCUT2D eigenvalue weighted by molar-refractivity contribution is 5.74. The van der Waals surface area contributed by atoms with E-state index >= 15 is 0 Å². The van der Waals surface area contributed by atoms with Crippen molar-refractivity contribution < 1.29 is 27.8 Å². The number of phenolic OH excluding ortho intramolecular Hbond substituents is 1. The molecular formula is C18H17F3N4O3. The zero-order valence-corrected chi connectivity index (χ0v) is 14.8. The van der Waals surface area contributed by atoms with Crippen LogP contribution in [-0.4, -0.2) is 45.4 Å². The van der Waals surface area contributed by atoms with Crippen molar-refractivity contribution in [2.45, 2.75) is 19.3 Å². The Labute approximate surface area is 158 Å². The van der Waals surface area contributed by atoms with Crippen LogP contribution in [0.4, 0.5) is 13.2 Å². The van der Waals surface area contributed by atoms with E-state index in [9.17, 15) is 18.3 Å². The van der Waals surface area contributed by atoms with Gasteiger partial charge < -0.3 is 14.6 Å². The Kier molecular flexibility index (Phi) is 5.78. The van der Waals surface area contributed by atoms with Crippen LogP contribution in [0.15, 0.2) is 42.5 Å². The minimum absolute atomic E-state index is 0.0470. The first-order valence-electron chi connectivity index (χ1n) is 8.32. The molecule has 0 saturated carbocycles. The predicted octanol–water partition coefficient (Wildman–Crippen LogP) is 3.65. The number of ether oxygens (including phenoxy) is 2. The molecular weight excluding hydrogens is 377 g/mol. The van der Waals surface area contributed by atoms with Gasteiger partial charge in [-0.15, -0.1) is 18.3 Å². The predicted molar refractivity (Wildman–Crippen MR) is 93.5 cm³/mol. The summed E-state index contributed by atoms with van der Waals surface area (Å²) in [4.78, 5) is 0. The second kappa shape index (κ2) is 8.26. The van der Waals surface area contributed by atoms with Gasteiger partial charge in [0.25, 0.3) is 0 Å². The summed E-state index contributed by atoms with van der Waals surface area (Å²) in [6, 6.07) is 10.2. The number of nitrogens with zero attached hydrogens (tertiary/aromatic N) is 4. The van der Waals surface area contributed by atoms with Crippen LogP contribution in [-0.2, 0) is 11.3 Å². The maximum atomic E-state index is 12.5. The highest BCUT2D eigenvalue weighted by Gasteiger charge is 2.31. The average molecular weight is 394 g/mol. The van der Waals surface area contributed by atoms with E-state index in [0.717, 1.165) is 0 Å². The Morgan fingerprint density at radius 3 is 2.64 bits per heavy atom. The summed E-state index contributed by atoms with van der Waals surface area (Å²) in [6.45, 7) is 1.01. The molecule has 10 heteroatoms. The van der Waals surface area contributed by atoms with Crippen LogP contribution in [0.25, 0.3) is 22.5 Å². The van der Waals surface area contributed by atoms with E-state index in [-0.39, 0.29) is 11.5 Å². The lowest BCUT2D eigenvalue weighted by Gasteiger charge is -2.11. The molecule has 0 aliphatic carbocycles. The van der Waals surface area contributed by atoms with Gasteiger partial charge in [-0.05, 0) is 52.2 Å². The molecule has 0 fully saturated rings. The normalized spacial score (nSPS) is 11.6. The maximum Gasteiger partial charge on any atom is 0.573 e. The molecule has 0 radical (unpaired) electrons. The number of aryl methyl sites for hydroxylation is 1. The number of hydrogen-bond donors (Lipinski definition) is 1. The van der Waals surface area contributed by atoms with Gasteiger partial charge in [-0.3, -0.25) is 0 Å². The maximum absolute atomic E-state index is 12.5. The summed E-state index contributed by atoms with van der Waals surface area (Å²) in [5, 5.41) is 21.8. The fraction of sp³-hybridized carbons (Fsp3) is 0.278. The van der Waals surface area contributed by atoms with Crippen LogP contribution >= 0.6 is 0 Å². The third-order valence-corrected chi connectivity index (χ3v) is 3.89. The molecule has 0 bridgehead atoms. The minimum atomic E-state index is -4.77. The molecule has 0 aliphatic rings. The first-order valence-corrected chi connectivity index (χ1v) is 8.32. The van der Waals surface area contributed by atoms with Crippen molar-refractivity contribution in [3.8, 4) is 34.0 Å². The van der Waals surface area contributed by atoms with Gasteiger partial charge in [0.15, 0.2) is 5.82 Å². The lowest BCUT2D eigenvalue weighted by Crippen LogP contribution is -2.17. The highest BCUT2D eigenvalue weighted by atomic mass is 19.4. The fourth-order valence-corrected chi connectivity index (χ4v) is 2.67. The van der Waals surface area contributed by atoms with E-state index in [1.807, 2.05) is 0 Å². The van der Waals surface area contributed by atoms with Gasteiger partial charge in [0.1, 0.15) is 11.5 Å². The number of tetrazole rings is 1.